The van der Waals surface area contributed by atoms with Gasteiger partial charge in [0.15, 0.2) is 6.10 Å². The van der Waals surface area contributed by atoms with Gasteiger partial charge in [-0.3, -0.25) is 0 Å². The highest BCUT2D eigenvalue weighted by Gasteiger charge is 2.32. The molecule has 0 amide bonds. The number of sulfonamides is 1. The molecule has 7 nitrogen and oxygen atoms in total. The molecular weight excluding hydrogens is 296 g/mol. The van der Waals surface area contributed by atoms with E-state index in [0.29, 0.717) is 11.1 Å². The smallest absolute Gasteiger partial charge is 0.334 e. The molecule has 0 bridgehead atoms. The van der Waals surface area contributed by atoms with Gasteiger partial charge in [-0.15, -0.1) is 0 Å². The third kappa shape index (κ3) is 3.78. The molecule has 1 aromatic carbocycles. The number of nitriles is 1. The molecule has 0 radical (unpaired) electrons. The van der Waals surface area contributed by atoms with Gasteiger partial charge in [-0.1, -0.05) is 12.1 Å². The number of ether oxygens (including phenoxy) is 1. The fourth-order valence-corrected chi connectivity index (χ4v) is 3.52. The minimum atomic E-state index is -3.62. The molecule has 1 heterocycles. The first kappa shape index (κ1) is 15.4. The SMILES string of the molecule is N#Cc1ccc(CS(=O)(=O)N2CCOC(C(=O)O)C2)cc1. The lowest BCUT2D eigenvalue weighted by molar-refractivity contribution is -0.153. The first-order valence-electron chi connectivity index (χ1n) is 6.23. The zero-order valence-electron chi connectivity index (χ0n) is 11.1. The van der Waals surface area contributed by atoms with Crippen LogP contribution in [-0.4, -0.2) is 49.6 Å². The highest BCUT2D eigenvalue weighted by molar-refractivity contribution is 7.88. The molecule has 0 aromatic heterocycles. The Morgan fingerprint density at radius 1 is 1.43 bits per heavy atom. The van der Waals surface area contributed by atoms with Gasteiger partial charge in [-0.25, -0.2) is 13.2 Å². The van der Waals surface area contributed by atoms with E-state index >= 15 is 0 Å². The quantitative estimate of drug-likeness (QED) is 0.849. The number of nitrogens with zero attached hydrogens (tertiary/aromatic N) is 2. The number of carbonyl (C=O) groups is 1. The van der Waals surface area contributed by atoms with Crippen LogP contribution in [0.15, 0.2) is 24.3 Å². The number of rotatable bonds is 4. The van der Waals surface area contributed by atoms with E-state index in [1.165, 1.54) is 0 Å². The second kappa shape index (κ2) is 6.22. The Kier molecular flexibility index (Phi) is 4.57. The molecule has 1 N–H and O–H groups in total. The van der Waals surface area contributed by atoms with Crippen molar-refractivity contribution >= 4 is 16.0 Å². The predicted molar refractivity (Wildman–Crippen MR) is 72.7 cm³/mol. The number of morpholine rings is 1. The Morgan fingerprint density at radius 3 is 2.67 bits per heavy atom. The summed E-state index contributed by atoms with van der Waals surface area (Å²) in [4.78, 5) is 10.9. The van der Waals surface area contributed by atoms with Gasteiger partial charge in [0.1, 0.15) is 0 Å². The molecule has 1 unspecified atom stereocenters. The second-order valence-corrected chi connectivity index (χ2v) is 6.59. The minimum Gasteiger partial charge on any atom is -0.479 e. The summed E-state index contributed by atoms with van der Waals surface area (Å²) < 4.78 is 30.7. The summed E-state index contributed by atoms with van der Waals surface area (Å²) in [7, 11) is -3.62. The van der Waals surface area contributed by atoms with Crippen LogP contribution in [0.2, 0.25) is 0 Å². The summed E-state index contributed by atoms with van der Waals surface area (Å²) >= 11 is 0. The molecule has 8 heteroatoms. The molecule has 21 heavy (non-hydrogen) atoms. The first-order valence-corrected chi connectivity index (χ1v) is 7.84. The van der Waals surface area contributed by atoms with Gasteiger partial charge >= 0.3 is 5.97 Å². The van der Waals surface area contributed by atoms with Crippen LogP contribution in [0.3, 0.4) is 0 Å². The van der Waals surface area contributed by atoms with Gasteiger partial charge in [0.2, 0.25) is 10.0 Å². The summed E-state index contributed by atoms with van der Waals surface area (Å²) in [6, 6.07) is 8.20. The maximum atomic E-state index is 12.3. The zero-order chi connectivity index (χ0) is 15.5. The number of carboxylic acid groups (broad SMARTS) is 1. The summed E-state index contributed by atoms with van der Waals surface area (Å²) in [5.74, 6) is -1.40. The molecule has 1 aliphatic heterocycles. The average Bonchev–Trinajstić information content (AvgIpc) is 2.48. The van der Waals surface area contributed by atoms with Crippen molar-refractivity contribution in [3.05, 3.63) is 35.4 Å². The highest BCUT2D eigenvalue weighted by Crippen LogP contribution is 2.15. The van der Waals surface area contributed by atoms with Crippen molar-refractivity contribution < 1.29 is 23.1 Å². The van der Waals surface area contributed by atoms with E-state index in [1.807, 2.05) is 6.07 Å². The third-order valence-corrected chi connectivity index (χ3v) is 4.95. The largest absolute Gasteiger partial charge is 0.479 e. The molecular formula is C13H14N2O5S. The van der Waals surface area contributed by atoms with Crippen molar-refractivity contribution in [1.82, 2.24) is 4.31 Å². The molecule has 0 spiro atoms. The second-order valence-electron chi connectivity index (χ2n) is 4.62. The zero-order valence-corrected chi connectivity index (χ0v) is 11.9. The highest BCUT2D eigenvalue weighted by atomic mass is 32.2. The summed E-state index contributed by atoms with van der Waals surface area (Å²) in [5, 5.41) is 17.6. The molecule has 1 fully saturated rings. The topological polar surface area (TPSA) is 108 Å². The van der Waals surface area contributed by atoms with Crippen LogP contribution in [0.5, 0.6) is 0 Å². The lowest BCUT2D eigenvalue weighted by Crippen LogP contribution is -2.48. The van der Waals surface area contributed by atoms with Crippen molar-refractivity contribution in [1.29, 1.82) is 5.26 Å². The van der Waals surface area contributed by atoms with Gasteiger partial charge in [0.05, 0.1) is 30.5 Å². The predicted octanol–water partition coefficient (Wildman–Crippen LogP) is 0.173. The summed E-state index contributed by atoms with van der Waals surface area (Å²) in [6.45, 7) is 0.0138. The minimum absolute atomic E-state index is 0.0591. The van der Waals surface area contributed by atoms with E-state index in [9.17, 15) is 13.2 Å². The van der Waals surface area contributed by atoms with Crippen LogP contribution in [0.1, 0.15) is 11.1 Å². The third-order valence-electron chi connectivity index (χ3n) is 3.13. The summed E-state index contributed by atoms with van der Waals surface area (Å²) in [5.41, 5.74) is 1.00. The van der Waals surface area contributed by atoms with E-state index in [1.54, 1.807) is 24.3 Å². The molecule has 1 atom stereocenters. The Bertz CT molecular complexity index is 663. The van der Waals surface area contributed by atoms with E-state index in [-0.39, 0.29) is 25.4 Å². The molecule has 2 rings (SSSR count). The molecule has 1 aromatic rings. The number of aliphatic carboxylic acids is 1. The molecule has 1 saturated heterocycles. The van der Waals surface area contributed by atoms with Crippen LogP contribution in [0.4, 0.5) is 0 Å². The Hall–Kier alpha value is -1.95. The van der Waals surface area contributed by atoms with Gasteiger partial charge in [-0.2, -0.15) is 9.57 Å². The van der Waals surface area contributed by atoms with Crippen LogP contribution in [0.25, 0.3) is 0 Å². The standard InChI is InChI=1S/C13H14N2O5S/c14-7-10-1-3-11(4-2-10)9-21(18,19)15-5-6-20-12(8-15)13(16)17/h1-4,12H,5-6,8-9H2,(H,16,17). The fraction of sp³-hybridized carbons (Fsp3) is 0.385. The van der Waals surface area contributed by atoms with Crippen molar-refractivity contribution in [2.24, 2.45) is 0 Å². The molecule has 1 aliphatic rings. The van der Waals surface area contributed by atoms with E-state index in [4.69, 9.17) is 15.1 Å². The average molecular weight is 310 g/mol. The number of carboxylic acids is 1. The normalized spacial score (nSPS) is 19.9. The Morgan fingerprint density at radius 2 is 2.10 bits per heavy atom. The maximum absolute atomic E-state index is 12.3. The lowest BCUT2D eigenvalue weighted by atomic mass is 10.2. The Balaban J connectivity index is 2.10. The van der Waals surface area contributed by atoms with Crippen molar-refractivity contribution in [3.8, 4) is 6.07 Å². The van der Waals surface area contributed by atoms with Crippen LogP contribution in [0, 0.1) is 11.3 Å². The van der Waals surface area contributed by atoms with Gasteiger partial charge in [0, 0.05) is 6.54 Å². The van der Waals surface area contributed by atoms with E-state index in [0.717, 1.165) is 4.31 Å². The van der Waals surface area contributed by atoms with E-state index < -0.39 is 22.1 Å². The van der Waals surface area contributed by atoms with Gasteiger partial charge in [-0.05, 0) is 17.7 Å². The molecule has 0 saturated carbocycles. The van der Waals surface area contributed by atoms with Gasteiger partial charge in [0.25, 0.3) is 0 Å². The molecule has 112 valence electrons. The van der Waals surface area contributed by atoms with Crippen molar-refractivity contribution in [2.75, 3.05) is 19.7 Å². The van der Waals surface area contributed by atoms with Crippen LogP contribution >= 0.6 is 0 Å². The van der Waals surface area contributed by atoms with E-state index in [2.05, 4.69) is 0 Å². The number of benzene rings is 1. The lowest BCUT2D eigenvalue weighted by Gasteiger charge is -2.30. The van der Waals surface area contributed by atoms with Crippen molar-refractivity contribution in [2.45, 2.75) is 11.9 Å². The Labute approximate surface area is 122 Å². The monoisotopic (exact) mass is 310 g/mol. The van der Waals surface area contributed by atoms with Gasteiger partial charge < -0.3 is 9.84 Å². The summed E-state index contributed by atoms with van der Waals surface area (Å²) in [6.07, 6.45) is -1.13. The number of hydrogen-bond acceptors (Lipinski definition) is 5. The van der Waals surface area contributed by atoms with Crippen LogP contribution < -0.4 is 0 Å². The first-order chi connectivity index (χ1) is 9.92. The fourth-order valence-electron chi connectivity index (χ4n) is 2.01. The molecule has 0 aliphatic carbocycles. The maximum Gasteiger partial charge on any atom is 0.334 e. The van der Waals surface area contributed by atoms with Crippen molar-refractivity contribution in [3.63, 3.8) is 0 Å². The number of hydrogen-bond donors (Lipinski definition) is 1. The van der Waals surface area contributed by atoms with Crippen LogP contribution in [-0.2, 0) is 25.3 Å².